The molecule has 0 saturated carbocycles. The third-order valence-corrected chi connectivity index (χ3v) is 2.44. The monoisotopic (exact) mass is 156 g/mol. The second-order valence-electron chi connectivity index (χ2n) is 3.62. The summed E-state index contributed by atoms with van der Waals surface area (Å²) in [5, 5.41) is 0. The third kappa shape index (κ3) is 2.17. The Morgan fingerprint density at radius 2 is 2.18 bits per heavy atom. The standard InChI is InChI=1S/C9H20N2/c1-4-7-11-8-5-6-9(11)10(2)3/h9H,4-8H2,1-3H3. The van der Waals surface area contributed by atoms with Crippen LogP contribution in [0.5, 0.6) is 0 Å². The average molecular weight is 156 g/mol. The Kier molecular flexibility index (Phi) is 3.34. The van der Waals surface area contributed by atoms with Crippen molar-refractivity contribution in [2.24, 2.45) is 0 Å². The molecular formula is C9H20N2. The van der Waals surface area contributed by atoms with Crippen LogP contribution in [-0.4, -0.2) is 43.2 Å². The van der Waals surface area contributed by atoms with Gasteiger partial charge in [-0.05, 0) is 46.4 Å². The summed E-state index contributed by atoms with van der Waals surface area (Å²) in [6.45, 7) is 4.82. The van der Waals surface area contributed by atoms with Crippen LogP contribution < -0.4 is 0 Å². The maximum Gasteiger partial charge on any atom is 0.0617 e. The van der Waals surface area contributed by atoms with E-state index < -0.39 is 0 Å². The molecule has 1 aliphatic rings. The smallest absolute Gasteiger partial charge is 0.0617 e. The summed E-state index contributed by atoms with van der Waals surface area (Å²) in [4.78, 5) is 4.92. The van der Waals surface area contributed by atoms with Crippen LogP contribution in [0.25, 0.3) is 0 Å². The normalized spacial score (nSPS) is 26.7. The van der Waals surface area contributed by atoms with E-state index in [4.69, 9.17) is 0 Å². The van der Waals surface area contributed by atoms with Crippen LogP contribution in [0.3, 0.4) is 0 Å². The van der Waals surface area contributed by atoms with Crippen molar-refractivity contribution >= 4 is 0 Å². The molecule has 1 atom stereocenters. The predicted octanol–water partition coefficient (Wildman–Crippen LogP) is 1.38. The van der Waals surface area contributed by atoms with Gasteiger partial charge in [0.2, 0.25) is 0 Å². The maximum atomic E-state index is 2.58. The van der Waals surface area contributed by atoms with Crippen molar-refractivity contribution in [1.29, 1.82) is 0 Å². The van der Waals surface area contributed by atoms with E-state index in [1.165, 1.54) is 32.4 Å². The average Bonchev–Trinajstić information content (AvgIpc) is 2.36. The lowest BCUT2D eigenvalue weighted by Crippen LogP contribution is -2.40. The predicted molar refractivity (Wildman–Crippen MR) is 48.6 cm³/mol. The first-order valence-corrected chi connectivity index (χ1v) is 4.66. The highest BCUT2D eigenvalue weighted by atomic mass is 15.3. The van der Waals surface area contributed by atoms with Crippen LogP contribution in [0.2, 0.25) is 0 Å². The van der Waals surface area contributed by atoms with E-state index in [1.54, 1.807) is 0 Å². The number of rotatable bonds is 3. The Balaban J connectivity index is 2.37. The second kappa shape index (κ2) is 4.07. The van der Waals surface area contributed by atoms with Crippen LogP contribution in [0.15, 0.2) is 0 Å². The molecule has 0 aliphatic carbocycles. The summed E-state index contributed by atoms with van der Waals surface area (Å²) in [7, 11) is 4.36. The molecule has 0 spiro atoms. The van der Waals surface area contributed by atoms with Gasteiger partial charge < -0.3 is 0 Å². The summed E-state index contributed by atoms with van der Waals surface area (Å²) in [5.74, 6) is 0. The summed E-state index contributed by atoms with van der Waals surface area (Å²) in [5.41, 5.74) is 0. The van der Waals surface area contributed by atoms with E-state index in [1.807, 2.05) is 0 Å². The molecule has 1 rings (SSSR count). The van der Waals surface area contributed by atoms with Gasteiger partial charge in [-0.25, -0.2) is 0 Å². The fourth-order valence-electron chi connectivity index (χ4n) is 1.94. The first-order chi connectivity index (χ1) is 5.25. The lowest BCUT2D eigenvalue weighted by atomic mass is 10.3. The zero-order valence-electron chi connectivity index (χ0n) is 8.01. The quantitative estimate of drug-likeness (QED) is 0.609. The zero-order chi connectivity index (χ0) is 8.27. The van der Waals surface area contributed by atoms with Crippen molar-refractivity contribution in [2.45, 2.75) is 32.4 Å². The molecule has 0 aromatic carbocycles. The Bertz CT molecular complexity index is 112. The van der Waals surface area contributed by atoms with Gasteiger partial charge >= 0.3 is 0 Å². The second-order valence-corrected chi connectivity index (χ2v) is 3.62. The van der Waals surface area contributed by atoms with E-state index in [9.17, 15) is 0 Å². The molecule has 1 aliphatic heterocycles. The molecule has 0 bridgehead atoms. The first kappa shape index (κ1) is 9.01. The van der Waals surface area contributed by atoms with Crippen LogP contribution in [0.4, 0.5) is 0 Å². The Labute approximate surface area is 70.2 Å². The number of nitrogens with zero attached hydrogens (tertiary/aromatic N) is 2. The lowest BCUT2D eigenvalue weighted by Gasteiger charge is -2.29. The van der Waals surface area contributed by atoms with Crippen molar-refractivity contribution in [2.75, 3.05) is 27.2 Å². The van der Waals surface area contributed by atoms with Gasteiger partial charge in [-0.15, -0.1) is 0 Å². The molecule has 2 nitrogen and oxygen atoms in total. The minimum absolute atomic E-state index is 0.718. The van der Waals surface area contributed by atoms with Crippen molar-refractivity contribution in [3.63, 3.8) is 0 Å². The summed E-state index contributed by atoms with van der Waals surface area (Å²) in [6.07, 6.45) is 4.73. The molecule has 0 aromatic heterocycles. The van der Waals surface area contributed by atoms with E-state index >= 15 is 0 Å². The molecule has 1 saturated heterocycles. The summed E-state index contributed by atoms with van der Waals surface area (Å²) < 4.78 is 0. The Morgan fingerprint density at radius 1 is 1.45 bits per heavy atom. The minimum atomic E-state index is 0.718. The van der Waals surface area contributed by atoms with Gasteiger partial charge in [0.1, 0.15) is 0 Å². The molecule has 0 N–H and O–H groups in total. The van der Waals surface area contributed by atoms with E-state index in [0.29, 0.717) is 0 Å². The van der Waals surface area contributed by atoms with Crippen molar-refractivity contribution in [3.8, 4) is 0 Å². The van der Waals surface area contributed by atoms with E-state index in [2.05, 4.69) is 30.8 Å². The SMILES string of the molecule is CCCN1CCCC1N(C)C. The highest BCUT2D eigenvalue weighted by Crippen LogP contribution is 2.18. The maximum absolute atomic E-state index is 2.58. The van der Waals surface area contributed by atoms with Crippen LogP contribution >= 0.6 is 0 Å². The zero-order valence-corrected chi connectivity index (χ0v) is 8.01. The molecular weight excluding hydrogens is 136 g/mol. The van der Waals surface area contributed by atoms with Gasteiger partial charge in [-0.3, -0.25) is 9.80 Å². The van der Waals surface area contributed by atoms with Crippen LogP contribution in [-0.2, 0) is 0 Å². The highest BCUT2D eigenvalue weighted by Gasteiger charge is 2.24. The van der Waals surface area contributed by atoms with Crippen molar-refractivity contribution in [3.05, 3.63) is 0 Å². The van der Waals surface area contributed by atoms with Crippen molar-refractivity contribution < 1.29 is 0 Å². The molecule has 11 heavy (non-hydrogen) atoms. The molecule has 2 heteroatoms. The van der Waals surface area contributed by atoms with Gasteiger partial charge in [0.25, 0.3) is 0 Å². The number of likely N-dealkylation sites (tertiary alicyclic amines) is 1. The fourth-order valence-corrected chi connectivity index (χ4v) is 1.94. The first-order valence-electron chi connectivity index (χ1n) is 4.66. The Morgan fingerprint density at radius 3 is 2.73 bits per heavy atom. The van der Waals surface area contributed by atoms with Crippen LogP contribution in [0, 0.1) is 0 Å². The molecule has 66 valence electrons. The topological polar surface area (TPSA) is 6.48 Å². The van der Waals surface area contributed by atoms with Gasteiger partial charge in [0, 0.05) is 0 Å². The fraction of sp³-hybridized carbons (Fsp3) is 1.00. The number of hydrogen-bond donors (Lipinski definition) is 0. The molecule has 0 radical (unpaired) electrons. The summed E-state index contributed by atoms with van der Waals surface area (Å²) in [6, 6.07) is 0. The van der Waals surface area contributed by atoms with Gasteiger partial charge in [-0.2, -0.15) is 0 Å². The summed E-state index contributed by atoms with van der Waals surface area (Å²) >= 11 is 0. The van der Waals surface area contributed by atoms with Gasteiger partial charge in [0.05, 0.1) is 6.17 Å². The highest BCUT2D eigenvalue weighted by molar-refractivity contribution is 4.76. The van der Waals surface area contributed by atoms with Gasteiger partial charge in [-0.1, -0.05) is 6.92 Å². The molecule has 0 aromatic rings. The van der Waals surface area contributed by atoms with E-state index in [0.717, 1.165) is 6.17 Å². The largest absolute Gasteiger partial charge is 0.294 e. The molecule has 1 unspecified atom stereocenters. The lowest BCUT2D eigenvalue weighted by molar-refractivity contribution is 0.120. The Hall–Kier alpha value is -0.0800. The third-order valence-electron chi connectivity index (χ3n) is 2.44. The van der Waals surface area contributed by atoms with Crippen molar-refractivity contribution in [1.82, 2.24) is 9.80 Å². The van der Waals surface area contributed by atoms with Gasteiger partial charge in [0.15, 0.2) is 0 Å². The molecule has 1 heterocycles. The molecule has 1 fully saturated rings. The van der Waals surface area contributed by atoms with E-state index in [-0.39, 0.29) is 0 Å². The number of hydrogen-bond acceptors (Lipinski definition) is 2. The minimum Gasteiger partial charge on any atom is -0.294 e. The van der Waals surface area contributed by atoms with Crippen LogP contribution in [0.1, 0.15) is 26.2 Å². The molecule has 0 amide bonds.